The van der Waals surface area contributed by atoms with Crippen LogP contribution in [-0.4, -0.2) is 0 Å². The van der Waals surface area contributed by atoms with Gasteiger partial charge in [-0.15, -0.1) is 0 Å². The van der Waals surface area contributed by atoms with Gasteiger partial charge in [-0.2, -0.15) is 0 Å². The molecular formula is C17H14ClFN2. The molecule has 0 radical (unpaired) electrons. The molecule has 0 aliphatic heterocycles. The number of rotatable bonds is 3. The number of nitrogens with two attached hydrogens (primary N) is 1. The molecule has 0 saturated heterocycles. The molecule has 3 aromatic rings. The van der Waals surface area contributed by atoms with Gasteiger partial charge in [0.05, 0.1) is 6.04 Å². The van der Waals surface area contributed by atoms with Crippen molar-refractivity contribution in [2.45, 2.75) is 6.04 Å². The maximum atomic E-state index is 14.1. The first-order valence-corrected chi connectivity index (χ1v) is 6.97. The Morgan fingerprint density at radius 3 is 2.52 bits per heavy atom. The molecule has 0 aliphatic rings. The van der Waals surface area contributed by atoms with Gasteiger partial charge in [-0.3, -0.25) is 5.84 Å². The predicted molar refractivity (Wildman–Crippen MR) is 84.5 cm³/mol. The number of hydrogen-bond donors (Lipinski definition) is 2. The van der Waals surface area contributed by atoms with Gasteiger partial charge in [0.15, 0.2) is 0 Å². The van der Waals surface area contributed by atoms with E-state index in [0.717, 1.165) is 16.3 Å². The molecule has 3 N–H and O–H groups in total. The summed E-state index contributed by atoms with van der Waals surface area (Å²) in [6.07, 6.45) is 0. The zero-order valence-corrected chi connectivity index (χ0v) is 11.9. The van der Waals surface area contributed by atoms with E-state index in [1.165, 1.54) is 12.1 Å². The topological polar surface area (TPSA) is 38.0 Å². The highest BCUT2D eigenvalue weighted by molar-refractivity contribution is 6.30. The minimum absolute atomic E-state index is 0.338. The zero-order chi connectivity index (χ0) is 14.8. The molecule has 0 saturated carbocycles. The van der Waals surface area contributed by atoms with Crippen molar-refractivity contribution >= 4 is 22.4 Å². The van der Waals surface area contributed by atoms with Crippen LogP contribution in [0.1, 0.15) is 17.2 Å². The van der Waals surface area contributed by atoms with E-state index in [-0.39, 0.29) is 5.82 Å². The number of halogens is 2. The Morgan fingerprint density at radius 2 is 1.71 bits per heavy atom. The molecule has 3 aromatic carbocycles. The van der Waals surface area contributed by atoms with Crippen molar-refractivity contribution in [3.05, 3.63) is 82.6 Å². The Hall–Kier alpha value is -1.94. The normalized spacial score (nSPS) is 12.5. The van der Waals surface area contributed by atoms with Crippen molar-refractivity contribution in [2.75, 3.05) is 0 Å². The van der Waals surface area contributed by atoms with Crippen molar-refractivity contribution < 1.29 is 4.39 Å². The van der Waals surface area contributed by atoms with Gasteiger partial charge in [-0.05, 0) is 34.5 Å². The second kappa shape index (κ2) is 5.82. The van der Waals surface area contributed by atoms with Crippen LogP contribution >= 0.6 is 11.6 Å². The molecule has 0 aromatic heterocycles. The van der Waals surface area contributed by atoms with Gasteiger partial charge < -0.3 is 0 Å². The molecule has 0 heterocycles. The first-order chi connectivity index (χ1) is 10.2. The molecule has 1 unspecified atom stereocenters. The van der Waals surface area contributed by atoms with Crippen LogP contribution in [0.3, 0.4) is 0 Å². The van der Waals surface area contributed by atoms with Gasteiger partial charge in [-0.1, -0.05) is 54.1 Å². The Morgan fingerprint density at radius 1 is 0.952 bits per heavy atom. The molecule has 0 amide bonds. The van der Waals surface area contributed by atoms with Gasteiger partial charge >= 0.3 is 0 Å². The summed E-state index contributed by atoms with van der Waals surface area (Å²) < 4.78 is 14.1. The Balaban J connectivity index is 2.21. The minimum atomic E-state index is -0.463. The van der Waals surface area contributed by atoms with Crippen molar-refractivity contribution in [3.8, 4) is 0 Å². The largest absolute Gasteiger partial charge is 0.271 e. The Labute approximate surface area is 127 Å². The monoisotopic (exact) mass is 300 g/mol. The van der Waals surface area contributed by atoms with Crippen LogP contribution in [0.4, 0.5) is 4.39 Å². The lowest BCUT2D eigenvalue weighted by Crippen LogP contribution is -2.29. The summed E-state index contributed by atoms with van der Waals surface area (Å²) in [4.78, 5) is 0. The quantitative estimate of drug-likeness (QED) is 0.562. The highest BCUT2D eigenvalue weighted by Crippen LogP contribution is 2.31. The number of benzene rings is 3. The zero-order valence-electron chi connectivity index (χ0n) is 11.2. The first-order valence-electron chi connectivity index (χ1n) is 6.59. The van der Waals surface area contributed by atoms with Crippen LogP contribution in [0.25, 0.3) is 10.8 Å². The van der Waals surface area contributed by atoms with E-state index in [1.807, 2.05) is 42.5 Å². The van der Waals surface area contributed by atoms with Crippen LogP contribution in [0, 0.1) is 5.82 Å². The van der Waals surface area contributed by atoms with Crippen LogP contribution in [-0.2, 0) is 0 Å². The highest BCUT2D eigenvalue weighted by Gasteiger charge is 2.19. The van der Waals surface area contributed by atoms with Crippen LogP contribution in [0.15, 0.2) is 60.7 Å². The van der Waals surface area contributed by atoms with E-state index in [4.69, 9.17) is 17.4 Å². The van der Waals surface area contributed by atoms with Gasteiger partial charge in [0, 0.05) is 10.6 Å². The molecule has 0 fully saturated rings. The van der Waals surface area contributed by atoms with E-state index in [2.05, 4.69) is 5.43 Å². The molecule has 3 rings (SSSR count). The van der Waals surface area contributed by atoms with Crippen LogP contribution in [0.5, 0.6) is 0 Å². The van der Waals surface area contributed by atoms with Gasteiger partial charge in [0.25, 0.3) is 0 Å². The molecule has 0 bridgehead atoms. The third kappa shape index (κ3) is 2.63. The maximum Gasteiger partial charge on any atom is 0.128 e. The molecule has 0 spiro atoms. The second-order valence-corrected chi connectivity index (χ2v) is 5.27. The lowest BCUT2D eigenvalue weighted by molar-refractivity contribution is 0.562. The number of nitrogens with one attached hydrogen (secondary N) is 1. The summed E-state index contributed by atoms with van der Waals surface area (Å²) in [5.74, 6) is 5.35. The standard InChI is InChI=1S/C17H14ClFN2/c18-12-8-9-16(19)15(10-12)17(21-20)14-7-3-5-11-4-1-2-6-13(11)14/h1-10,17,21H,20H2. The summed E-state index contributed by atoms with van der Waals surface area (Å²) in [5.41, 5.74) is 4.04. The average Bonchev–Trinajstić information content (AvgIpc) is 2.51. The smallest absolute Gasteiger partial charge is 0.128 e. The molecule has 4 heteroatoms. The fourth-order valence-corrected chi connectivity index (χ4v) is 2.77. The summed E-state index contributed by atoms with van der Waals surface area (Å²) >= 11 is 5.99. The summed E-state index contributed by atoms with van der Waals surface area (Å²) in [6, 6.07) is 17.8. The molecule has 2 nitrogen and oxygen atoms in total. The molecule has 1 atom stereocenters. The summed E-state index contributed by atoms with van der Waals surface area (Å²) in [7, 11) is 0. The lowest BCUT2D eigenvalue weighted by Gasteiger charge is -2.19. The SMILES string of the molecule is NNC(c1cc(Cl)ccc1F)c1cccc2ccccc12. The average molecular weight is 301 g/mol. The highest BCUT2D eigenvalue weighted by atomic mass is 35.5. The predicted octanol–water partition coefficient (Wildman–Crippen LogP) is 4.19. The van der Waals surface area contributed by atoms with Crippen LogP contribution < -0.4 is 11.3 Å². The molecule has 0 aliphatic carbocycles. The molecule has 106 valence electrons. The van der Waals surface area contributed by atoms with Gasteiger partial charge in [0.2, 0.25) is 0 Å². The lowest BCUT2D eigenvalue weighted by atomic mass is 9.94. The van der Waals surface area contributed by atoms with E-state index in [0.29, 0.717) is 10.6 Å². The maximum absolute atomic E-state index is 14.1. The molecular weight excluding hydrogens is 287 g/mol. The van der Waals surface area contributed by atoms with E-state index in [1.54, 1.807) is 6.07 Å². The minimum Gasteiger partial charge on any atom is -0.271 e. The second-order valence-electron chi connectivity index (χ2n) is 4.83. The van der Waals surface area contributed by atoms with Gasteiger partial charge in [0.1, 0.15) is 5.82 Å². The number of hydrogen-bond acceptors (Lipinski definition) is 2. The number of fused-ring (bicyclic) bond motifs is 1. The van der Waals surface area contributed by atoms with Crippen molar-refractivity contribution in [3.63, 3.8) is 0 Å². The first kappa shape index (κ1) is 14.0. The third-order valence-electron chi connectivity index (χ3n) is 3.57. The van der Waals surface area contributed by atoms with E-state index >= 15 is 0 Å². The van der Waals surface area contributed by atoms with Crippen molar-refractivity contribution in [1.29, 1.82) is 0 Å². The fourth-order valence-electron chi connectivity index (χ4n) is 2.59. The van der Waals surface area contributed by atoms with Crippen molar-refractivity contribution in [2.24, 2.45) is 5.84 Å². The fraction of sp³-hybridized carbons (Fsp3) is 0.0588. The van der Waals surface area contributed by atoms with E-state index in [9.17, 15) is 4.39 Å². The summed E-state index contributed by atoms with van der Waals surface area (Å²) in [5, 5.41) is 2.59. The Bertz CT molecular complexity index is 783. The van der Waals surface area contributed by atoms with Crippen LogP contribution in [0.2, 0.25) is 5.02 Å². The summed E-state index contributed by atoms with van der Waals surface area (Å²) in [6.45, 7) is 0. The van der Waals surface area contributed by atoms with Crippen molar-refractivity contribution in [1.82, 2.24) is 5.43 Å². The number of hydrazine groups is 1. The third-order valence-corrected chi connectivity index (χ3v) is 3.81. The molecule has 21 heavy (non-hydrogen) atoms. The van der Waals surface area contributed by atoms with E-state index < -0.39 is 6.04 Å². The Kier molecular flexibility index (Phi) is 3.88. The van der Waals surface area contributed by atoms with Gasteiger partial charge in [-0.25, -0.2) is 9.82 Å².